The summed E-state index contributed by atoms with van der Waals surface area (Å²) in [4.78, 5) is 23.9. The zero-order valence-electron chi connectivity index (χ0n) is 9.71. The molecule has 2 heteroatoms. The second-order valence-corrected chi connectivity index (χ2v) is 5.53. The molecule has 2 fully saturated rings. The minimum absolute atomic E-state index is 0.234. The number of carbonyl (C=O) groups excluding carboxylic acids is 2. The highest BCUT2D eigenvalue weighted by Crippen LogP contribution is 2.47. The van der Waals surface area contributed by atoms with Gasteiger partial charge in [-0.1, -0.05) is 13.8 Å². The van der Waals surface area contributed by atoms with Gasteiger partial charge in [-0.15, -0.1) is 0 Å². The Labute approximate surface area is 91.4 Å². The number of carbonyl (C=O) groups is 2. The molecule has 0 saturated heterocycles. The first-order valence-electron chi connectivity index (χ1n) is 6.13. The van der Waals surface area contributed by atoms with E-state index in [1.165, 1.54) is 0 Å². The summed E-state index contributed by atoms with van der Waals surface area (Å²) in [6.07, 6.45) is 4.85. The van der Waals surface area contributed by atoms with Gasteiger partial charge in [0.2, 0.25) is 0 Å². The smallest absolute Gasteiger partial charge is 0.146 e. The van der Waals surface area contributed by atoms with Crippen molar-refractivity contribution in [2.24, 2.45) is 17.3 Å². The molecule has 2 nitrogen and oxygen atoms in total. The predicted molar refractivity (Wildman–Crippen MR) is 58.5 cm³/mol. The largest absolute Gasteiger partial charge is 0.299 e. The van der Waals surface area contributed by atoms with Crippen LogP contribution in [0.2, 0.25) is 0 Å². The highest BCUT2D eigenvalue weighted by atomic mass is 16.2. The topological polar surface area (TPSA) is 34.1 Å². The van der Waals surface area contributed by atoms with E-state index in [4.69, 9.17) is 0 Å². The fourth-order valence-electron chi connectivity index (χ4n) is 3.23. The fraction of sp³-hybridized carbons (Fsp3) is 0.846. The molecule has 2 aliphatic rings. The Hall–Kier alpha value is -0.660. The Bertz CT molecular complexity index is 293. The second-order valence-electron chi connectivity index (χ2n) is 5.53. The monoisotopic (exact) mass is 208 g/mol. The molecule has 2 rings (SSSR count). The molecule has 2 aliphatic carbocycles. The molecule has 0 bridgehead atoms. The van der Waals surface area contributed by atoms with Crippen LogP contribution in [-0.4, -0.2) is 11.6 Å². The Balaban J connectivity index is 2.22. The van der Waals surface area contributed by atoms with Crippen molar-refractivity contribution < 1.29 is 9.59 Å². The summed E-state index contributed by atoms with van der Waals surface area (Å²) in [6.45, 7) is 4.40. The van der Waals surface area contributed by atoms with Crippen molar-refractivity contribution in [2.45, 2.75) is 52.4 Å². The molecule has 1 spiro atoms. The van der Waals surface area contributed by atoms with Gasteiger partial charge in [-0.3, -0.25) is 9.59 Å². The average molecular weight is 208 g/mol. The molecular weight excluding hydrogens is 188 g/mol. The Morgan fingerprint density at radius 2 is 1.87 bits per heavy atom. The van der Waals surface area contributed by atoms with Crippen LogP contribution in [0.1, 0.15) is 52.4 Å². The van der Waals surface area contributed by atoms with Crippen molar-refractivity contribution in [1.82, 2.24) is 0 Å². The first-order valence-corrected chi connectivity index (χ1v) is 6.13. The number of Topliss-reactive ketones (excluding diaryl/α,β-unsaturated/α-hetero) is 2. The zero-order valence-corrected chi connectivity index (χ0v) is 9.71. The number of hydrogen-bond donors (Lipinski definition) is 0. The third-order valence-electron chi connectivity index (χ3n) is 4.37. The maximum Gasteiger partial charge on any atom is 0.146 e. The van der Waals surface area contributed by atoms with Gasteiger partial charge in [-0.05, 0) is 37.5 Å². The van der Waals surface area contributed by atoms with E-state index in [-0.39, 0.29) is 11.6 Å². The molecule has 0 aromatic rings. The van der Waals surface area contributed by atoms with E-state index in [1.54, 1.807) is 0 Å². The second kappa shape index (κ2) is 3.73. The van der Waals surface area contributed by atoms with Crippen LogP contribution in [0, 0.1) is 17.3 Å². The lowest BCUT2D eigenvalue weighted by atomic mass is 9.64. The summed E-state index contributed by atoms with van der Waals surface area (Å²) < 4.78 is 0. The van der Waals surface area contributed by atoms with E-state index in [1.807, 2.05) is 0 Å². The van der Waals surface area contributed by atoms with E-state index < -0.39 is 5.41 Å². The molecule has 0 N–H and O–H groups in total. The Morgan fingerprint density at radius 1 is 1.20 bits per heavy atom. The third kappa shape index (κ3) is 1.64. The standard InChI is InChI=1S/C13H20O2/c1-9(2)10-5-6-12(15)13(8-10)7-3-4-11(13)14/h9-10H,3-8H2,1-2H3/t10-,13-/m1/s1. The first-order chi connectivity index (χ1) is 7.06. The van der Waals surface area contributed by atoms with Crippen LogP contribution in [-0.2, 0) is 9.59 Å². The molecule has 2 saturated carbocycles. The van der Waals surface area contributed by atoms with Gasteiger partial charge in [0.1, 0.15) is 11.6 Å². The van der Waals surface area contributed by atoms with Gasteiger partial charge in [0.05, 0.1) is 5.41 Å². The summed E-state index contributed by atoms with van der Waals surface area (Å²) in [6, 6.07) is 0. The molecule has 84 valence electrons. The van der Waals surface area contributed by atoms with Crippen molar-refractivity contribution in [3.05, 3.63) is 0 Å². The lowest BCUT2D eigenvalue weighted by molar-refractivity contribution is -0.142. The number of hydrogen-bond acceptors (Lipinski definition) is 2. The highest BCUT2D eigenvalue weighted by molar-refractivity contribution is 6.08. The highest BCUT2D eigenvalue weighted by Gasteiger charge is 2.51. The predicted octanol–water partition coefficient (Wildman–Crippen LogP) is 2.75. The molecule has 0 aliphatic heterocycles. The van der Waals surface area contributed by atoms with E-state index in [0.717, 1.165) is 25.7 Å². The van der Waals surface area contributed by atoms with Crippen LogP contribution in [0.4, 0.5) is 0 Å². The average Bonchev–Trinajstić information content (AvgIpc) is 2.54. The van der Waals surface area contributed by atoms with Crippen molar-refractivity contribution in [1.29, 1.82) is 0 Å². The van der Waals surface area contributed by atoms with Gasteiger partial charge in [0.15, 0.2) is 0 Å². The third-order valence-corrected chi connectivity index (χ3v) is 4.37. The SMILES string of the molecule is CC(C)[C@@H]1CCC(=O)[C@]2(CCCC2=O)C1. The molecule has 0 heterocycles. The lowest BCUT2D eigenvalue weighted by Gasteiger charge is -2.37. The van der Waals surface area contributed by atoms with Gasteiger partial charge in [-0.2, -0.15) is 0 Å². The summed E-state index contributed by atoms with van der Waals surface area (Å²) in [5.74, 6) is 1.65. The molecule has 0 amide bonds. The zero-order chi connectivity index (χ0) is 11.1. The van der Waals surface area contributed by atoms with Crippen LogP contribution >= 0.6 is 0 Å². The number of ketones is 2. The van der Waals surface area contributed by atoms with Gasteiger partial charge in [0, 0.05) is 12.8 Å². The van der Waals surface area contributed by atoms with Crippen molar-refractivity contribution in [3.8, 4) is 0 Å². The van der Waals surface area contributed by atoms with Gasteiger partial charge in [-0.25, -0.2) is 0 Å². The van der Waals surface area contributed by atoms with Crippen molar-refractivity contribution in [3.63, 3.8) is 0 Å². The van der Waals surface area contributed by atoms with E-state index in [2.05, 4.69) is 13.8 Å². The van der Waals surface area contributed by atoms with Crippen LogP contribution < -0.4 is 0 Å². The van der Waals surface area contributed by atoms with Gasteiger partial charge in [0.25, 0.3) is 0 Å². The maximum absolute atomic E-state index is 12.0. The molecule has 0 aromatic carbocycles. The minimum Gasteiger partial charge on any atom is -0.299 e. The molecule has 0 unspecified atom stereocenters. The normalized spacial score (nSPS) is 36.9. The number of rotatable bonds is 1. The van der Waals surface area contributed by atoms with Crippen LogP contribution in [0.25, 0.3) is 0 Å². The maximum atomic E-state index is 12.0. The molecule has 0 radical (unpaired) electrons. The molecule has 2 atom stereocenters. The lowest BCUT2D eigenvalue weighted by Crippen LogP contribution is -2.42. The summed E-state index contributed by atoms with van der Waals surface area (Å²) >= 11 is 0. The van der Waals surface area contributed by atoms with E-state index in [0.29, 0.717) is 24.7 Å². The van der Waals surface area contributed by atoms with Crippen molar-refractivity contribution in [2.75, 3.05) is 0 Å². The summed E-state index contributed by atoms with van der Waals surface area (Å²) in [7, 11) is 0. The minimum atomic E-state index is -0.535. The van der Waals surface area contributed by atoms with Crippen molar-refractivity contribution >= 4 is 11.6 Å². The fourth-order valence-corrected chi connectivity index (χ4v) is 3.23. The van der Waals surface area contributed by atoms with E-state index >= 15 is 0 Å². The summed E-state index contributed by atoms with van der Waals surface area (Å²) in [5, 5.41) is 0. The Morgan fingerprint density at radius 3 is 2.40 bits per heavy atom. The molecule has 0 aromatic heterocycles. The first kappa shape index (κ1) is 10.8. The molecule has 15 heavy (non-hydrogen) atoms. The van der Waals surface area contributed by atoms with Crippen LogP contribution in [0.15, 0.2) is 0 Å². The Kier molecular flexibility index (Phi) is 2.70. The van der Waals surface area contributed by atoms with Crippen LogP contribution in [0.5, 0.6) is 0 Å². The van der Waals surface area contributed by atoms with Gasteiger partial charge >= 0.3 is 0 Å². The van der Waals surface area contributed by atoms with Crippen LogP contribution in [0.3, 0.4) is 0 Å². The van der Waals surface area contributed by atoms with E-state index in [9.17, 15) is 9.59 Å². The summed E-state index contributed by atoms with van der Waals surface area (Å²) in [5.41, 5.74) is -0.535. The van der Waals surface area contributed by atoms with Gasteiger partial charge < -0.3 is 0 Å². The quantitative estimate of drug-likeness (QED) is 0.621. The molecular formula is C13H20O2.